The van der Waals surface area contributed by atoms with Crippen molar-refractivity contribution >= 4 is 23.2 Å². The summed E-state index contributed by atoms with van der Waals surface area (Å²) in [5.74, 6) is -0.533. The first-order valence-corrected chi connectivity index (χ1v) is 7.99. The van der Waals surface area contributed by atoms with E-state index in [9.17, 15) is 9.59 Å². The molecule has 2 rings (SSSR count). The van der Waals surface area contributed by atoms with Gasteiger partial charge in [-0.2, -0.15) is 0 Å². The van der Waals surface area contributed by atoms with Crippen molar-refractivity contribution in [3.63, 3.8) is 0 Å². The van der Waals surface area contributed by atoms with Crippen molar-refractivity contribution in [2.45, 2.75) is 52.0 Å². The van der Waals surface area contributed by atoms with Crippen molar-refractivity contribution < 1.29 is 14.8 Å². The first-order valence-electron chi connectivity index (χ1n) is 7.17. The Morgan fingerprint density at radius 2 is 2.05 bits per heavy atom. The summed E-state index contributed by atoms with van der Waals surface area (Å²) in [5.41, 5.74) is 1.28. The van der Waals surface area contributed by atoms with Crippen molar-refractivity contribution in [2.75, 3.05) is 0 Å². The molecule has 1 aromatic heterocycles. The van der Waals surface area contributed by atoms with Gasteiger partial charge in [-0.25, -0.2) is 10.5 Å². The molecule has 2 amide bonds. The number of carbonyl (C=O) groups is 2. The van der Waals surface area contributed by atoms with Crippen LogP contribution in [0.25, 0.3) is 0 Å². The van der Waals surface area contributed by atoms with Crippen LogP contribution in [0, 0.1) is 5.41 Å². The first kappa shape index (κ1) is 15.9. The Bertz CT molecular complexity index is 523. The molecule has 21 heavy (non-hydrogen) atoms. The minimum absolute atomic E-state index is 0.0538. The Hall–Kier alpha value is -1.47. The number of hydrogen-bond acceptors (Lipinski definition) is 5. The van der Waals surface area contributed by atoms with Gasteiger partial charge < -0.3 is 5.32 Å². The van der Waals surface area contributed by atoms with Gasteiger partial charge in [0.25, 0.3) is 5.91 Å². The van der Waals surface area contributed by atoms with E-state index in [1.165, 1.54) is 12.6 Å². The van der Waals surface area contributed by atoms with Gasteiger partial charge in [0.2, 0.25) is 5.91 Å². The molecule has 0 aliphatic heterocycles. The molecule has 1 atom stereocenters. The summed E-state index contributed by atoms with van der Waals surface area (Å²) in [5, 5.41) is 12.2. The van der Waals surface area contributed by atoms with Gasteiger partial charge in [-0.3, -0.25) is 14.8 Å². The average molecular weight is 311 g/mol. The molecule has 0 aromatic carbocycles. The van der Waals surface area contributed by atoms with Crippen molar-refractivity contribution in [2.24, 2.45) is 5.41 Å². The van der Waals surface area contributed by atoms with Gasteiger partial charge in [0, 0.05) is 5.41 Å². The maximum Gasteiger partial charge on any atom is 0.286 e. The fourth-order valence-corrected chi connectivity index (χ4v) is 3.45. The Balaban J connectivity index is 2.00. The van der Waals surface area contributed by atoms with E-state index >= 15 is 0 Å². The van der Waals surface area contributed by atoms with Crippen LogP contribution in [0.3, 0.4) is 0 Å². The van der Waals surface area contributed by atoms with E-state index in [0.29, 0.717) is 9.88 Å². The number of thiazole rings is 1. The smallest absolute Gasteiger partial charge is 0.286 e. The quantitative estimate of drug-likeness (QED) is 0.588. The Morgan fingerprint density at radius 1 is 1.38 bits per heavy atom. The zero-order valence-electron chi connectivity index (χ0n) is 12.3. The number of aromatic nitrogens is 1. The second kappa shape index (κ2) is 6.53. The summed E-state index contributed by atoms with van der Waals surface area (Å²) in [7, 11) is 0. The first-order chi connectivity index (χ1) is 9.96. The number of amides is 2. The summed E-state index contributed by atoms with van der Waals surface area (Å²) < 4.78 is 0. The van der Waals surface area contributed by atoms with E-state index in [1.54, 1.807) is 5.48 Å². The number of nitrogens with one attached hydrogen (secondary N) is 2. The standard InChI is InChI=1S/C14H21N3O3S/c1-9(12-15-8-10(21-12)11(18)17-20)16-13(19)14(2)6-4-3-5-7-14/h8-9,20H,3-7H2,1-2H3,(H,16,19)(H,17,18)/t9-/m1/s1. The van der Waals surface area contributed by atoms with Crippen molar-refractivity contribution in [1.29, 1.82) is 0 Å². The van der Waals surface area contributed by atoms with E-state index in [2.05, 4.69) is 10.3 Å². The largest absolute Gasteiger partial charge is 0.347 e. The van der Waals surface area contributed by atoms with Crippen LogP contribution in [0.2, 0.25) is 0 Å². The van der Waals surface area contributed by atoms with Crippen molar-refractivity contribution in [3.8, 4) is 0 Å². The summed E-state index contributed by atoms with van der Waals surface area (Å²) in [6.45, 7) is 3.87. The molecular weight excluding hydrogens is 290 g/mol. The number of carbonyl (C=O) groups excluding carboxylic acids is 2. The summed E-state index contributed by atoms with van der Waals surface area (Å²) in [6.07, 6.45) is 6.62. The van der Waals surface area contributed by atoms with Gasteiger partial charge in [0.15, 0.2) is 0 Å². The summed E-state index contributed by atoms with van der Waals surface area (Å²) in [4.78, 5) is 28.2. The molecule has 1 fully saturated rings. The number of hydroxylamine groups is 1. The Labute approximate surface area is 127 Å². The molecule has 3 N–H and O–H groups in total. The second-order valence-electron chi connectivity index (χ2n) is 5.82. The zero-order chi connectivity index (χ0) is 15.5. The molecule has 0 spiro atoms. The molecule has 6 nitrogen and oxygen atoms in total. The number of nitrogens with zero attached hydrogens (tertiary/aromatic N) is 1. The van der Waals surface area contributed by atoms with E-state index in [-0.39, 0.29) is 17.4 Å². The Morgan fingerprint density at radius 3 is 2.67 bits per heavy atom. The lowest BCUT2D eigenvalue weighted by Crippen LogP contribution is -2.41. The van der Waals surface area contributed by atoms with Crippen LogP contribution in [0.1, 0.15) is 66.7 Å². The van der Waals surface area contributed by atoms with E-state index in [0.717, 1.165) is 37.0 Å². The SMILES string of the molecule is C[C@@H](NC(=O)C1(C)CCCCC1)c1ncc(C(=O)NO)s1. The highest BCUT2D eigenvalue weighted by Gasteiger charge is 2.35. The van der Waals surface area contributed by atoms with Crippen molar-refractivity contribution in [3.05, 3.63) is 16.1 Å². The van der Waals surface area contributed by atoms with Crippen LogP contribution < -0.4 is 10.8 Å². The Kier molecular flexibility index (Phi) is 4.95. The normalized spacial score (nSPS) is 18.8. The third-order valence-corrected chi connectivity index (χ3v) is 5.25. The number of rotatable bonds is 4. The zero-order valence-corrected chi connectivity index (χ0v) is 13.1. The predicted molar refractivity (Wildman–Crippen MR) is 79.1 cm³/mol. The second-order valence-corrected chi connectivity index (χ2v) is 6.88. The molecule has 0 unspecified atom stereocenters. The summed E-state index contributed by atoms with van der Waals surface area (Å²) in [6, 6.07) is -0.249. The average Bonchev–Trinajstić information content (AvgIpc) is 2.97. The maximum absolute atomic E-state index is 12.4. The molecule has 1 heterocycles. The molecule has 0 saturated heterocycles. The third-order valence-electron chi connectivity index (χ3n) is 4.07. The summed E-state index contributed by atoms with van der Waals surface area (Å²) >= 11 is 1.16. The minimum Gasteiger partial charge on any atom is -0.347 e. The topological polar surface area (TPSA) is 91.3 Å². The van der Waals surface area contributed by atoms with Crippen LogP contribution in [-0.4, -0.2) is 22.0 Å². The van der Waals surface area contributed by atoms with Crippen molar-refractivity contribution in [1.82, 2.24) is 15.8 Å². The van der Waals surface area contributed by atoms with Gasteiger partial charge in [0.1, 0.15) is 9.88 Å². The van der Waals surface area contributed by atoms with E-state index in [4.69, 9.17) is 5.21 Å². The molecule has 1 aliphatic carbocycles. The lowest BCUT2D eigenvalue weighted by molar-refractivity contribution is -0.132. The third kappa shape index (κ3) is 3.59. The van der Waals surface area contributed by atoms with Gasteiger partial charge >= 0.3 is 0 Å². The highest BCUT2D eigenvalue weighted by Crippen LogP contribution is 2.36. The highest BCUT2D eigenvalue weighted by molar-refractivity contribution is 7.13. The molecule has 1 aliphatic rings. The molecule has 0 radical (unpaired) electrons. The van der Waals surface area contributed by atoms with Gasteiger partial charge in [0.05, 0.1) is 12.2 Å². The van der Waals surface area contributed by atoms with E-state index < -0.39 is 5.91 Å². The highest BCUT2D eigenvalue weighted by atomic mass is 32.1. The van der Waals surface area contributed by atoms with Crippen LogP contribution in [0.5, 0.6) is 0 Å². The molecule has 7 heteroatoms. The molecule has 1 aromatic rings. The molecule has 116 valence electrons. The predicted octanol–water partition coefficient (Wildman–Crippen LogP) is 2.41. The van der Waals surface area contributed by atoms with Gasteiger partial charge in [-0.05, 0) is 19.8 Å². The van der Waals surface area contributed by atoms with Crippen LogP contribution in [0.4, 0.5) is 0 Å². The van der Waals surface area contributed by atoms with Gasteiger partial charge in [-0.15, -0.1) is 11.3 Å². The minimum atomic E-state index is -0.587. The van der Waals surface area contributed by atoms with E-state index in [1.807, 2.05) is 13.8 Å². The monoisotopic (exact) mass is 311 g/mol. The number of hydrogen-bond donors (Lipinski definition) is 3. The van der Waals surface area contributed by atoms with Crippen LogP contribution in [-0.2, 0) is 4.79 Å². The fraction of sp³-hybridized carbons (Fsp3) is 0.643. The lowest BCUT2D eigenvalue weighted by atomic mass is 9.75. The molecular formula is C14H21N3O3S. The van der Waals surface area contributed by atoms with Crippen LogP contribution >= 0.6 is 11.3 Å². The molecule has 1 saturated carbocycles. The lowest BCUT2D eigenvalue weighted by Gasteiger charge is -2.32. The van der Waals surface area contributed by atoms with Gasteiger partial charge in [-0.1, -0.05) is 26.2 Å². The fourth-order valence-electron chi connectivity index (χ4n) is 2.64. The molecule has 0 bridgehead atoms. The van der Waals surface area contributed by atoms with Crippen LogP contribution in [0.15, 0.2) is 6.20 Å². The maximum atomic E-state index is 12.4.